The van der Waals surface area contributed by atoms with Gasteiger partial charge in [0.2, 0.25) is 0 Å². The zero-order valence-corrected chi connectivity index (χ0v) is 10.6. The third-order valence-corrected chi connectivity index (χ3v) is 3.72. The predicted molar refractivity (Wildman–Crippen MR) is 72.6 cm³/mol. The minimum atomic E-state index is 1.13. The molecule has 0 amide bonds. The molecule has 0 unspecified atom stereocenters. The number of likely N-dealkylation sites (N-methyl/N-ethyl adjacent to an activating group) is 1. The van der Waals surface area contributed by atoms with Crippen LogP contribution in [0.5, 0.6) is 0 Å². The maximum Gasteiger partial charge on any atom is 0.0626 e. The lowest BCUT2D eigenvalue weighted by atomic mass is 10.2. The van der Waals surface area contributed by atoms with Gasteiger partial charge in [0, 0.05) is 50.3 Å². The van der Waals surface area contributed by atoms with Gasteiger partial charge >= 0.3 is 0 Å². The third-order valence-electron chi connectivity index (χ3n) is 3.72. The number of rotatable bonds is 1. The predicted octanol–water partition coefficient (Wildman–Crippen LogP) is 1.93. The van der Waals surface area contributed by atoms with Gasteiger partial charge in [0.15, 0.2) is 0 Å². The number of fused-ring (bicyclic) bond motifs is 1. The van der Waals surface area contributed by atoms with Crippen LogP contribution < -0.4 is 4.90 Å². The number of aromatic nitrogens is 1. The van der Waals surface area contributed by atoms with Crippen LogP contribution in [0.3, 0.4) is 0 Å². The molecular formula is C14H19N3. The molecule has 2 heterocycles. The molecule has 0 aliphatic carbocycles. The highest BCUT2D eigenvalue weighted by atomic mass is 15.3. The third kappa shape index (κ3) is 1.80. The summed E-state index contributed by atoms with van der Waals surface area (Å²) in [5, 5.41) is 1.37. The summed E-state index contributed by atoms with van der Waals surface area (Å²) < 4.78 is 2.23. The van der Waals surface area contributed by atoms with Crippen LogP contribution in [0.25, 0.3) is 10.9 Å². The Hall–Kier alpha value is -1.48. The fourth-order valence-corrected chi connectivity index (χ4v) is 2.62. The van der Waals surface area contributed by atoms with E-state index in [1.807, 2.05) is 0 Å². The smallest absolute Gasteiger partial charge is 0.0626 e. The number of aryl methyl sites for hydroxylation is 1. The van der Waals surface area contributed by atoms with Crippen LogP contribution in [-0.4, -0.2) is 42.7 Å². The van der Waals surface area contributed by atoms with E-state index in [4.69, 9.17) is 0 Å². The SMILES string of the molecule is CN1CCN(c2cn(C)c3ccccc23)CC1. The Labute approximate surface area is 102 Å². The van der Waals surface area contributed by atoms with E-state index < -0.39 is 0 Å². The summed E-state index contributed by atoms with van der Waals surface area (Å²) in [7, 11) is 4.32. The van der Waals surface area contributed by atoms with Gasteiger partial charge in [-0.2, -0.15) is 0 Å². The molecule has 1 saturated heterocycles. The van der Waals surface area contributed by atoms with Crippen LogP contribution in [0.4, 0.5) is 5.69 Å². The molecule has 3 rings (SSSR count). The highest BCUT2D eigenvalue weighted by Gasteiger charge is 2.17. The second kappa shape index (κ2) is 4.08. The van der Waals surface area contributed by atoms with Gasteiger partial charge in [-0.3, -0.25) is 0 Å². The van der Waals surface area contributed by atoms with Crippen LogP contribution >= 0.6 is 0 Å². The first-order chi connectivity index (χ1) is 8.25. The largest absolute Gasteiger partial charge is 0.367 e. The van der Waals surface area contributed by atoms with Gasteiger partial charge in [-0.1, -0.05) is 18.2 Å². The van der Waals surface area contributed by atoms with Crippen molar-refractivity contribution in [3.05, 3.63) is 30.5 Å². The van der Waals surface area contributed by atoms with E-state index in [9.17, 15) is 0 Å². The molecule has 2 aromatic rings. The summed E-state index contributed by atoms with van der Waals surface area (Å²) in [6.45, 7) is 4.57. The number of nitrogens with zero attached hydrogens (tertiary/aromatic N) is 3. The second-order valence-electron chi connectivity index (χ2n) is 4.93. The molecule has 0 radical (unpaired) electrons. The lowest BCUT2D eigenvalue weighted by Crippen LogP contribution is -2.44. The highest BCUT2D eigenvalue weighted by Crippen LogP contribution is 2.28. The Bertz CT molecular complexity index is 521. The zero-order valence-electron chi connectivity index (χ0n) is 10.6. The quantitative estimate of drug-likeness (QED) is 0.740. The van der Waals surface area contributed by atoms with Gasteiger partial charge in [-0.15, -0.1) is 0 Å². The van der Waals surface area contributed by atoms with Gasteiger partial charge in [-0.25, -0.2) is 0 Å². The van der Waals surface area contributed by atoms with E-state index in [0.29, 0.717) is 0 Å². The first-order valence-electron chi connectivity index (χ1n) is 6.23. The van der Waals surface area contributed by atoms with Crippen molar-refractivity contribution < 1.29 is 0 Å². The monoisotopic (exact) mass is 229 g/mol. The molecule has 0 saturated carbocycles. The molecule has 3 heteroatoms. The standard InChI is InChI=1S/C14H19N3/c1-15-7-9-17(10-8-15)14-11-16(2)13-6-4-3-5-12(13)14/h3-6,11H,7-10H2,1-2H3. The first-order valence-corrected chi connectivity index (χ1v) is 6.23. The number of para-hydroxylation sites is 1. The van der Waals surface area contributed by atoms with E-state index in [2.05, 4.69) is 58.9 Å². The normalized spacial score (nSPS) is 17.9. The van der Waals surface area contributed by atoms with Crippen molar-refractivity contribution in [1.29, 1.82) is 0 Å². The minimum absolute atomic E-state index is 1.13. The molecule has 1 aliphatic rings. The number of benzene rings is 1. The van der Waals surface area contributed by atoms with Gasteiger partial charge in [0.25, 0.3) is 0 Å². The van der Waals surface area contributed by atoms with Crippen molar-refractivity contribution in [2.45, 2.75) is 0 Å². The van der Waals surface area contributed by atoms with Gasteiger partial charge in [-0.05, 0) is 13.1 Å². The average Bonchev–Trinajstić information content (AvgIpc) is 2.69. The molecule has 0 atom stereocenters. The Kier molecular flexibility index (Phi) is 2.56. The average molecular weight is 229 g/mol. The summed E-state index contributed by atoms with van der Waals surface area (Å²) in [5.74, 6) is 0. The lowest BCUT2D eigenvalue weighted by molar-refractivity contribution is 0.313. The van der Waals surface area contributed by atoms with E-state index in [0.717, 1.165) is 26.2 Å². The van der Waals surface area contributed by atoms with Crippen LogP contribution in [-0.2, 0) is 7.05 Å². The van der Waals surface area contributed by atoms with Gasteiger partial charge in [0.1, 0.15) is 0 Å². The van der Waals surface area contributed by atoms with Crippen LogP contribution in [0.2, 0.25) is 0 Å². The molecule has 1 aromatic carbocycles. The van der Waals surface area contributed by atoms with E-state index in [-0.39, 0.29) is 0 Å². The van der Waals surface area contributed by atoms with Gasteiger partial charge in [0.05, 0.1) is 5.69 Å². The maximum absolute atomic E-state index is 2.50. The second-order valence-corrected chi connectivity index (χ2v) is 4.93. The Morgan fingerprint density at radius 1 is 0.941 bits per heavy atom. The van der Waals surface area contributed by atoms with E-state index in [1.54, 1.807) is 0 Å². The fourth-order valence-electron chi connectivity index (χ4n) is 2.62. The molecule has 1 aliphatic heterocycles. The molecule has 1 aromatic heterocycles. The Morgan fingerprint density at radius 3 is 2.41 bits per heavy atom. The molecule has 3 nitrogen and oxygen atoms in total. The van der Waals surface area contributed by atoms with Crippen LogP contribution in [0.1, 0.15) is 0 Å². The van der Waals surface area contributed by atoms with Crippen molar-refractivity contribution in [1.82, 2.24) is 9.47 Å². The van der Waals surface area contributed by atoms with Crippen molar-refractivity contribution in [2.75, 3.05) is 38.1 Å². The molecular weight excluding hydrogens is 210 g/mol. The summed E-state index contributed by atoms with van der Waals surface area (Å²) in [6.07, 6.45) is 2.26. The highest BCUT2D eigenvalue weighted by molar-refractivity contribution is 5.93. The molecule has 0 spiro atoms. The maximum atomic E-state index is 2.50. The van der Waals surface area contributed by atoms with Crippen molar-refractivity contribution >= 4 is 16.6 Å². The number of anilines is 1. The van der Waals surface area contributed by atoms with Crippen molar-refractivity contribution in [3.63, 3.8) is 0 Å². The topological polar surface area (TPSA) is 11.4 Å². The number of hydrogen-bond donors (Lipinski definition) is 0. The Balaban J connectivity index is 2.00. The van der Waals surface area contributed by atoms with E-state index >= 15 is 0 Å². The summed E-state index contributed by atoms with van der Waals surface area (Å²) in [5.41, 5.74) is 2.71. The molecule has 90 valence electrons. The Morgan fingerprint density at radius 2 is 1.65 bits per heavy atom. The molecule has 17 heavy (non-hydrogen) atoms. The van der Waals surface area contributed by atoms with E-state index in [1.165, 1.54) is 16.6 Å². The number of piperazine rings is 1. The summed E-state index contributed by atoms with van der Waals surface area (Å²) in [4.78, 5) is 4.89. The van der Waals surface area contributed by atoms with Crippen molar-refractivity contribution in [2.24, 2.45) is 7.05 Å². The summed E-state index contributed by atoms with van der Waals surface area (Å²) in [6, 6.07) is 8.65. The molecule has 0 N–H and O–H groups in total. The van der Waals surface area contributed by atoms with Crippen molar-refractivity contribution in [3.8, 4) is 0 Å². The zero-order chi connectivity index (χ0) is 11.8. The van der Waals surface area contributed by atoms with Gasteiger partial charge < -0.3 is 14.4 Å². The number of hydrogen-bond acceptors (Lipinski definition) is 2. The first kappa shape index (κ1) is 10.7. The minimum Gasteiger partial charge on any atom is -0.367 e. The van der Waals surface area contributed by atoms with Crippen LogP contribution in [0, 0.1) is 0 Å². The molecule has 1 fully saturated rings. The lowest BCUT2D eigenvalue weighted by Gasteiger charge is -2.33. The van der Waals surface area contributed by atoms with Crippen LogP contribution in [0.15, 0.2) is 30.5 Å². The fraction of sp³-hybridized carbons (Fsp3) is 0.429. The summed E-state index contributed by atoms with van der Waals surface area (Å²) >= 11 is 0. The molecule has 0 bridgehead atoms.